The highest BCUT2D eigenvalue weighted by molar-refractivity contribution is 7.89. The second-order valence-electron chi connectivity index (χ2n) is 4.18. The molecule has 0 radical (unpaired) electrons. The van der Waals surface area contributed by atoms with Gasteiger partial charge in [0.25, 0.3) is 10.0 Å². The molecule has 0 bridgehead atoms. The normalized spacial score (nSPS) is 12.2. The van der Waals surface area contributed by atoms with Gasteiger partial charge in [0, 0.05) is 38.6 Å². The topological polar surface area (TPSA) is 105 Å². The molecule has 2 N–H and O–H groups in total. The Hall–Kier alpha value is -1.00. The molecular formula is C11H21N3O5S. The number of aliphatic hydroxyl groups excluding tert-OH is 1. The molecule has 20 heavy (non-hydrogen) atoms. The zero-order chi connectivity index (χ0) is 15.2. The van der Waals surface area contributed by atoms with Crippen LogP contribution in [0, 0.1) is 6.92 Å². The number of methoxy groups -OCH3 is 2. The molecular weight excluding hydrogens is 286 g/mol. The van der Waals surface area contributed by atoms with Crippen LogP contribution in [0.25, 0.3) is 0 Å². The third-order valence-electron chi connectivity index (χ3n) is 2.87. The van der Waals surface area contributed by atoms with E-state index in [9.17, 15) is 13.5 Å². The van der Waals surface area contributed by atoms with Crippen molar-refractivity contribution in [1.29, 1.82) is 0 Å². The molecule has 0 spiro atoms. The summed E-state index contributed by atoms with van der Waals surface area (Å²) in [6.45, 7) is 2.19. The van der Waals surface area contributed by atoms with E-state index >= 15 is 0 Å². The number of aromatic amines is 1. The van der Waals surface area contributed by atoms with Crippen LogP contribution >= 0.6 is 0 Å². The third kappa shape index (κ3) is 3.76. The quantitative estimate of drug-likeness (QED) is 0.637. The molecule has 0 saturated carbocycles. The van der Waals surface area contributed by atoms with E-state index in [4.69, 9.17) is 9.47 Å². The highest BCUT2D eigenvalue weighted by Gasteiger charge is 2.30. The Morgan fingerprint density at radius 3 is 2.25 bits per heavy atom. The summed E-state index contributed by atoms with van der Waals surface area (Å²) in [6, 6.07) is 0. The predicted octanol–water partition coefficient (Wildman–Crippen LogP) is -0.506. The summed E-state index contributed by atoms with van der Waals surface area (Å²) in [5.41, 5.74) is 0.814. The molecule has 9 heteroatoms. The number of aliphatic hydroxyl groups is 1. The Labute approximate surface area is 118 Å². The summed E-state index contributed by atoms with van der Waals surface area (Å²) in [6.07, 6.45) is 0. The largest absolute Gasteiger partial charge is 0.392 e. The number of rotatable bonds is 9. The standard InChI is InChI=1S/C11H21N3O5S/c1-9-10(8-15)11(13-12-9)20(16,17)14(4-6-18-2)5-7-19-3/h15H,4-8H2,1-3H3,(H,12,13). The summed E-state index contributed by atoms with van der Waals surface area (Å²) in [5, 5.41) is 15.5. The van der Waals surface area contributed by atoms with E-state index in [1.165, 1.54) is 18.5 Å². The number of H-pyrrole nitrogens is 1. The number of aryl methyl sites for hydroxylation is 1. The summed E-state index contributed by atoms with van der Waals surface area (Å²) in [7, 11) is -0.799. The molecule has 0 aliphatic rings. The van der Waals surface area contributed by atoms with Crippen LogP contribution in [-0.2, 0) is 26.1 Å². The fourth-order valence-corrected chi connectivity index (χ4v) is 3.25. The van der Waals surface area contributed by atoms with Gasteiger partial charge in [0.15, 0.2) is 5.03 Å². The van der Waals surface area contributed by atoms with E-state index in [-0.39, 0.29) is 43.5 Å². The minimum Gasteiger partial charge on any atom is -0.392 e. The van der Waals surface area contributed by atoms with Gasteiger partial charge in [0.1, 0.15) is 0 Å². The maximum atomic E-state index is 12.6. The van der Waals surface area contributed by atoms with Gasteiger partial charge in [-0.1, -0.05) is 0 Å². The van der Waals surface area contributed by atoms with Crippen LogP contribution in [0.15, 0.2) is 5.03 Å². The minimum atomic E-state index is -3.80. The van der Waals surface area contributed by atoms with Crippen molar-refractivity contribution in [3.05, 3.63) is 11.3 Å². The average Bonchev–Trinajstić information content (AvgIpc) is 2.80. The first-order chi connectivity index (χ1) is 9.48. The van der Waals surface area contributed by atoms with Crippen LogP contribution in [0.4, 0.5) is 0 Å². The minimum absolute atomic E-state index is 0.148. The highest BCUT2D eigenvalue weighted by atomic mass is 32.2. The molecule has 8 nitrogen and oxygen atoms in total. The van der Waals surface area contributed by atoms with Gasteiger partial charge in [0.2, 0.25) is 0 Å². The zero-order valence-electron chi connectivity index (χ0n) is 11.9. The van der Waals surface area contributed by atoms with Crippen molar-refractivity contribution in [3.63, 3.8) is 0 Å². The molecule has 0 amide bonds. The molecule has 0 atom stereocenters. The average molecular weight is 307 g/mol. The van der Waals surface area contributed by atoms with Crippen molar-refractivity contribution >= 4 is 10.0 Å². The van der Waals surface area contributed by atoms with Gasteiger partial charge in [-0.15, -0.1) is 0 Å². The molecule has 0 aromatic carbocycles. The molecule has 0 unspecified atom stereocenters. The van der Waals surface area contributed by atoms with Gasteiger partial charge >= 0.3 is 0 Å². The van der Waals surface area contributed by atoms with E-state index in [0.717, 1.165) is 0 Å². The summed E-state index contributed by atoms with van der Waals surface area (Å²) >= 11 is 0. The Kier molecular flexibility index (Phi) is 6.56. The second-order valence-corrected chi connectivity index (χ2v) is 6.03. The first kappa shape index (κ1) is 17.1. The Bertz CT molecular complexity index is 506. The highest BCUT2D eigenvalue weighted by Crippen LogP contribution is 2.20. The summed E-state index contributed by atoms with van der Waals surface area (Å²) < 4.78 is 36.2. The van der Waals surface area contributed by atoms with Crippen molar-refractivity contribution in [1.82, 2.24) is 14.5 Å². The molecule has 1 aromatic rings. The van der Waals surface area contributed by atoms with E-state index < -0.39 is 10.0 Å². The molecule has 1 aromatic heterocycles. The Morgan fingerprint density at radius 2 is 1.80 bits per heavy atom. The van der Waals surface area contributed by atoms with Gasteiger partial charge in [-0.25, -0.2) is 8.42 Å². The lowest BCUT2D eigenvalue weighted by molar-refractivity contribution is 0.150. The lowest BCUT2D eigenvalue weighted by atomic mass is 10.3. The van der Waals surface area contributed by atoms with Crippen LogP contribution in [0.3, 0.4) is 0 Å². The zero-order valence-corrected chi connectivity index (χ0v) is 12.7. The van der Waals surface area contributed by atoms with Gasteiger partial charge in [0.05, 0.1) is 19.8 Å². The number of hydrogen-bond donors (Lipinski definition) is 2. The van der Waals surface area contributed by atoms with E-state index in [2.05, 4.69) is 10.2 Å². The maximum absolute atomic E-state index is 12.6. The van der Waals surface area contributed by atoms with Crippen molar-refractivity contribution in [3.8, 4) is 0 Å². The number of sulfonamides is 1. The lowest BCUT2D eigenvalue weighted by Gasteiger charge is -2.20. The van der Waals surface area contributed by atoms with Crippen molar-refractivity contribution in [2.45, 2.75) is 18.6 Å². The monoisotopic (exact) mass is 307 g/mol. The fraction of sp³-hybridized carbons (Fsp3) is 0.727. The van der Waals surface area contributed by atoms with Crippen molar-refractivity contribution in [2.75, 3.05) is 40.5 Å². The Balaban J connectivity index is 3.07. The number of aromatic nitrogens is 2. The molecule has 0 aliphatic carbocycles. The van der Waals surface area contributed by atoms with Crippen molar-refractivity contribution < 1.29 is 23.0 Å². The van der Waals surface area contributed by atoms with Gasteiger partial charge in [-0.3, -0.25) is 5.10 Å². The van der Waals surface area contributed by atoms with Crippen LogP contribution in [0.2, 0.25) is 0 Å². The van der Waals surface area contributed by atoms with E-state index in [0.29, 0.717) is 5.69 Å². The first-order valence-electron chi connectivity index (χ1n) is 6.11. The summed E-state index contributed by atoms with van der Waals surface area (Å²) in [5.74, 6) is 0. The SMILES string of the molecule is COCCN(CCOC)S(=O)(=O)c1n[nH]c(C)c1CO. The fourth-order valence-electron chi connectivity index (χ4n) is 1.69. The molecule has 0 saturated heterocycles. The van der Waals surface area contributed by atoms with Crippen LogP contribution in [0.1, 0.15) is 11.3 Å². The van der Waals surface area contributed by atoms with Crippen LogP contribution in [0.5, 0.6) is 0 Å². The van der Waals surface area contributed by atoms with Gasteiger partial charge < -0.3 is 14.6 Å². The molecule has 1 heterocycles. The molecule has 116 valence electrons. The predicted molar refractivity (Wildman–Crippen MR) is 71.8 cm³/mol. The molecule has 0 fully saturated rings. The second kappa shape index (κ2) is 7.70. The van der Waals surface area contributed by atoms with Gasteiger partial charge in [-0.05, 0) is 6.92 Å². The number of nitrogens with zero attached hydrogens (tertiary/aromatic N) is 2. The van der Waals surface area contributed by atoms with Crippen LogP contribution < -0.4 is 0 Å². The lowest BCUT2D eigenvalue weighted by Crippen LogP contribution is -2.37. The maximum Gasteiger partial charge on any atom is 0.262 e. The number of nitrogens with one attached hydrogen (secondary N) is 1. The molecule has 0 aliphatic heterocycles. The third-order valence-corrected chi connectivity index (χ3v) is 4.74. The van der Waals surface area contributed by atoms with Gasteiger partial charge in [-0.2, -0.15) is 9.40 Å². The molecule has 1 rings (SSSR count). The van der Waals surface area contributed by atoms with Crippen molar-refractivity contribution in [2.24, 2.45) is 0 Å². The number of hydrogen-bond acceptors (Lipinski definition) is 6. The number of ether oxygens (including phenoxy) is 2. The smallest absolute Gasteiger partial charge is 0.262 e. The summed E-state index contributed by atoms with van der Waals surface area (Å²) in [4.78, 5) is 0. The Morgan fingerprint density at radius 1 is 1.25 bits per heavy atom. The first-order valence-corrected chi connectivity index (χ1v) is 7.55. The van der Waals surface area contributed by atoms with E-state index in [1.54, 1.807) is 6.92 Å². The van der Waals surface area contributed by atoms with Crippen LogP contribution in [-0.4, -0.2) is 68.5 Å². The van der Waals surface area contributed by atoms with E-state index in [1.807, 2.05) is 0 Å².